The molecular formula is C43H40IN5O8Re-. The van der Waals surface area contributed by atoms with E-state index in [1.54, 1.807) is 62.1 Å². The van der Waals surface area contributed by atoms with Gasteiger partial charge in [0.1, 0.15) is 0 Å². The van der Waals surface area contributed by atoms with Crippen molar-refractivity contribution >= 4 is 72.0 Å². The van der Waals surface area contributed by atoms with Crippen molar-refractivity contribution in [3.8, 4) is 34.5 Å². The molecule has 4 aromatic carbocycles. The zero-order valence-corrected chi connectivity index (χ0v) is 36.8. The zero-order valence-electron chi connectivity index (χ0n) is 31.9. The molecule has 0 aliphatic carbocycles. The fraction of sp³-hybridized carbons (Fsp3) is 0.233. The van der Waals surface area contributed by atoms with E-state index in [9.17, 15) is 9.59 Å². The van der Waals surface area contributed by atoms with Gasteiger partial charge < -0.3 is 51.4 Å². The van der Waals surface area contributed by atoms with E-state index in [4.69, 9.17) is 44.1 Å². The average Bonchev–Trinajstić information content (AvgIpc) is 3.98. The topological polar surface area (TPSA) is 147 Å². The molecular weight excluding hydrogens is 1030 g/mol. The molecule has 15 heteroatoms. The van der Waals surface area contributed by atoms with Gasteiger partial charge in [-0.05, 0) is 58.7 Å². The third-order valence-corrected chi connectivity index (χ3v) is 10.3. The van der Waals surface area contributed by atoms with Crippen LogP contribution in [-0.4, -0.2) is 80.4 Å². The van der Waals surface area contributed by atoms with E-state index in [1.165, 1.54) is 14.2 Å². The van der Waals surface area contributed by atoms with Crippen LogP contribution in [-0.2, 0) is 15.6 Å². The van der Waals surface area contributed by atoms with Crippen molar-refractivity contribution in [1.82, 2.24) is 9.80 Å². The van der Waals surface area contributed by atoms with E-state index in [0.717, 1.165) is 22.3 Å². The summed E-state index contributed by atoms with van der Waals surface area (Å²) in [5.41, 5.74) is 12.5. The van der Waals surface area contributed by atoms with Gasteiger partial charge in [0, 0.05) is 61.9 Å². The van der Waals surface area contributed by atoms with Gasteiger partial charge in [-0.2, -0.15) is 0 Å². The minimum absolute atomic E-state index is 0. The Morgan fingerprint density at radius 1 is 0.707 bits per heavy atom. The van der Waals surface area contributed by atoms with Crippen LogP contribution in [0.3, 0.4) is 0 Å². The SMILES string of the molecule is COc1cc2c(cc1OCCCOc1cc3c(cc1OC)C(=O)N1C=C(c4ccc5c(c4)OCO5)C[C@H]1C=N3)N=C[C@@H]1CC(c3ccc(N)cc3)=CN1C2=O.[CH3-].[I][Re]. The Morgan fingerprint density at radius 2 is 1.21 bits per heavy atom. The van der Waals surface area contributed by atoms with Crippen molar-refractivity contribution in [2.75, 3.05) is 40.0 Å². The number of benzene rings is 4. The van der Waals surface area contributed by atoms with Gasteiger partial charge >= 0.3 is 35.1 Å². The Morgan fingerprint density at radius 3 is 1.74 bits per heavy atom. The molecule has 9 rings (SSSR count). The van der Waals surface area contributed by atoms with Crippen molar-refractivity contribution in [2.24, 2.45) is 9.98 Å². The van der Waals surface area contributed by atoms with Crippen LogP contribution in [0.4, 0.5) is 17.1 Å². The Bertz CT molecular complexity index is 2370. The van der Waals surface area contributed by atoms with Crippen molar-refractivity contribution in [2.45, 2.75) is 31.3 Å². The molecule has 13 nitrogen and oxygen atoms in total. The molecule has 0 aromatic heterocycles. The molecule has 4 aromatic rings. The van der Waals surface area contributed by atoms with Crippen LogP contribution in [0.15, 0.2) is 89.1 Å². The van der Waals surface area contributed by atoms with E-state index in [1.807, 2.05) is 54.9 Å². The molecule has 0 unspecified atom stereocenters. The molecule has 5 heterocycles. The first-order valence-electron chi connectivity index (χ1n) is 18.1. The molecule has 0 saturated heterocycles. The zero-order chi connectivity index (χ0) is 39.6. The second-order valence-electron chi connectivity index (χ2n) is 13.6. The fourth-order valence-electron chi connectivity index (χ4n) is 7.36. The molecule has 0 spiro atoms. The van der Waals surface area contributed by atoms with Crippen LogP contribution in [0.5, 0.6) is 34.5 Å². The summed E-state index contributed by atoms with van der Waals surface area (Å²) in [6, 6.07) is 19.8. The summed E-state index contributed by atoms with van der Waals surface area (Å²) < 4.78 is 34.5. The molecule has 58 heavy (non-hydrogen) atoms. The third-order valence-electron chi connectivity index (χ3n) is 10.3. The Kier molecular flexibility index (Phi) is 12.4. The van der Waals surface area contributed by atoms with Gasteiger partial charge in [0.15, 0.2) is 34.5 Å². The molecule has 300 valence electrons. The van der Waals surface area contributed by atoms with Crippen LogP contribution in [0, 0.1) is 7.43 Å². The van der Waals surface area contributed by atoms with Crippen molar-refractivity contribution in [3.63, 3.8) is 0 Å². The van der Waals surface area contributed by atoms with Gasteiger partial charge in [-0.15, -0.1) is 0 Å². The van der Waals surface area contributed by atoms with Crippen molar-refractivity contribution < 1.29 is 53.6 Å². The summed E-state index contributed by atoms with van der Waals surface area (Å²) in [7, 11) is 3.08. The monoisotopic (exact) mass is 1070 g/mol. The van der Waals surface area contributed by atoms with Crippen LogP contribution in [0.25, 0.3) is 11.1 Å². The number of fused-ring (bicyclic) bond motifs is 5. The number of nitrogen functional groups attached to an aromatic ring is 1. The summed E-state index contributed by atoms with van der Waals surface area (Å²) in [6.45, 7) is 0.799. The molecule has 0 bridgehead atoms. The quantitative estimate of drug-likeness (QED) is 0.0720. The molecule has 5 aliphatic rings. The number of carbonyl (C=O) groups is 2. The van der Waals surface area contributed by atoms with Gasteiger partial charge in [0.05, 0.1) is 62.0 Å². The van der Waals surface area contributed by atoms with Crippen LogP contribution < -0.4 is 34.2 Å². The van der Waals surface area contributed by atoms with Crippen LogP contribution in [0.1, 0.15) is 51.1 Å². The second kappa shape index (κ2) is 17.6. The number of halogens is 1. The number of methoxy groups -OCH3 is 2. The third kappa shape index (κ3) is 7.90. The predicted octanol–water partition coefficient (Wildman–Crippen LogP) is 8.14. The van der Waals surface area contributed by atoms with E-state index in [-0.39, 0.29) is 38.1 Å². The van der Waals surface area contributed by atoms with Gasteiger partial charge in [-0.25, -0.2) is 0 Å². The van der Waals surface area contributed by atoms with Crippen molar-refractivity contribution in [3.05, 3.63) is 109 Å². The summed E-state index contributed by atoms with van der Waals surface area (Å²) in [6.07, 6.45) is 9.15. The molecule has 0 saturated carbocycles. The number of amides is 2. The molecule has 2 amide bonds. The first-order chi connectivity index (χ1) is 27.9. The van der Waals surface area contributed by atoms with E-state index in [0.29, 0.717) is 95.2 Å². The van der Waals surface area contributed by atoms with Crippen LogP contribution in [0.2, 0.25) is 0 Å². The first kappa shape index (κ1) is 40.8. The Labute approximate surface area is 357 Å². The normalized spacial score (nSPS) is 17.9. The molecule has 0 fully saturated rings. The summed E-state index contributed by atoms with van der Waals surface area (Å²) in [5.74, 6) is 2.86. The number of rotatable bonds is 10. The van der Waals surface area contributed by atoms with Gasteiger partial charge in [0.2, 0.25) is 6.79 Å². The second-order valence-corrected chi connectivity index (χ2v) is 13.6. The predicted molar refractivity (Wildman–Crippen MR) is 227 cm³/mol. The number of ether oxygens (including phenoxy) is 6. The molecule has 2 atom stereocenters. The van der Waals surface area contributed by atoms with E-state index >= 15 is 0 Å². The number of hydrogen-bond donors (Lipinski definition) is 1. The molecule has 5 aliphatic heterocycles. The number of carbonyl (C=O) groups excluding carboxylic acids is 2. The number of hydrogen-bond acceptors (Lipinski definition) is 11. The maximum absolute atomic E-state index is 13.8. The minimum atomic E-state index is -0.233. The summed E-state index contributed by atoms with van der Waals surface area (Å²) >= 11 is 3.90. The van der Waals surface area contributed by atoms with Gasteiger partial charge in [0.25, 0.3) is 11.8 Å². The van der Waals surface area contributed by atoms with E-state index in [2.05, 4.69) is 19.5 Å². The number of nitrogens with two attached hydrogens (primary N) is 1. The standard InChI is InChI=1S/C42H37N5O8.CH3.HI.Re/c1-50-36-15-31-33(44-19-29-12-26(21-46(29)41(31)48)24-4-7-28(43)8-5-24)17-39(36)52-10-3-11-53-40-18-34-32(16-37(40)51-2)42(49)47-22-27(13-30(47)20-45-34)25-6-9-35-38(14-25)55-23-54-35;;;/h4-9,14-22,29-30H,3,10-13,23,43H2,1-2H3;1H3;1H;/q;-1;;+1/p-1/t29-,30-;;;/m0.../s1. The number of nitrogens with zero attached hydrogens (tertiary/aromatic N) is 4. The van der Waals surface area contributed by atoms with Gasteiger partial charge in [-0.3, -0.25) is 19.6 Å². The Hall–Kier alpha value is -5.37. The van der Waals surface area contributed by atoms with Crippen molar-refractivity contribution in [1.29, 1.82) is 0 Å². The summed E-state index contributed by atoms with van der Waals surface area (Å²) in [4.78, 5) is 40.3. The molecule has 2 N–H and O–H groups in total. The average molecular weight is 1070 g/mol. The van der Waals surface area contributed by atoms with Crippen LogP contribution >= 0.6 is 19.5 Å². The fourth-order valence-corrected chi connectivity index (χ4v) is 7.36. The number of aliphatic imine (C=N–C) groups is 2. The Balaban J connectivity index is 0.00000168. The number of anilines is 1. The molecule has 0 radical (unpaired) electrons. The van der Waals surface area contributed by atoms with Gasteiger partial charge in [-0.1, -0.05) is 18.2 Å². The maximum atomic E-state index is 13.8. The first-order valence-corrected chi connectivity index (χ1v) is 25.8. The van der Waals surface area contributed by atoms with E-state index < -0.39 is 0 Å². The summed E-state index contributed by atoms with van der Waals surface area (Å²) in [5, 5.41) is 0.